The highest BCUT2D eigenvalue weighted by Gasteiger charge is 2.35. The molecule has 9 nitrogen and oxygen atoms in total. The lowest BCUT2D eigenvalue weighted by molar-refractivity contribution is -0.139. The predicted molar refractivity (Wildman–Crippen MR) is 157 cm³/mol. The fraction of sp³-hybridized carbons (Fsp3) is 0.467. The number of pyridine rings is 1. The maximum Gasteiger partial charge on any atom is 0.410 e. The van der Waals surface area contributed by atoms with Crippen molar-refractivity contribution in [3.63, 3.8) is 0 Å². The number of piperazine rings is 1. The van der Waals surface area contributed by atoms with E-state index in [1.807, 2.05) is 45.0 Å². The van der Waals surface area contributed by atoms with Crippen LogP contribution in [0.2, 0.25) is 5.02 Å². The average molecular weight is 597 g/mol. The molecule has 0 saturated carbocycles. The van der Waals surface area contributed by atoms with Gasteiger partial charge >= 0.3 is 6.09 Å². The molecule has 11 heteroatoms. The number of nitrogens with zero attached hydrogens (tertiary/aromatic N) is 4. The molecule has 41 heavy (non-hydrogen) atoms. The molecule has 6 rings (SSSR count). The van der Waals surface area contributed by atoms with Gasteiger partial charge in [-0.25, -0.2) is 4.79 Å². The summed E-state index contributed by atoms with van der Waals surface area (Å²) in [6.07, 6.45) is 2.87. The van der Waals surface area contributed by atoms with Crippen LogP contribution in [0.25, 0.3) is 21.3 Å². The molecule has 2 fully saturated rings. The van der Waals surface area contributed by atoms with E-state index >= 15 is 0 Å². The number of rotatable bonds is 4. The van der Waals surface area contributed by atoms with Gasteiger partial charge in [0.05, 0.1) is 23.4 Å². The molecule has 5 heterocycles. The Balaban J connectivity index is 1.31. The van der Waals surface area contributed by atoms with Crippen LogP contribution in [0.4, 0.5) is 4.79 Å². The molecule has 3 amide bonds. The van der Waals surface area contributed by atoms with E-state index in [4.69, 9.17) is 21.1 Å². The molecule has 3 aromatic rings. The van der Waals surface area contributed by atoms with E-state index < -0.39 is 5.60 Å². The molecule has 3 aliphatic rings. The lowest BCUT2D eigenvalue weighted by Crippen LogP contribution is -2.51. The Kier molecular flexibility index (Phi) is 7.42. The van der Waals surface area contributed by atoms with E-state index in [2.05, 4.69) is 9.88 Å². The summed E-state index contributed by atoms with van der Waals surface area (Å²) in [7, 11) is 0. The number of amides is 3. The first-order valence-corrected chi connectivity index (χ1v) is 15.2. The number of likely N-dealkylation sites (tertiary alicyclic amines) is 1. The Morgan fingerprint density at radius 1 is 1.10 bits per heavy atom. The molecule has 2 aromatic heterocycles. The summed E-state index contributed by atoms with van der Waals surface area (Å²) in [4.78, 5) is 48.1. The highest BCUT2D eigenvalue weighted by atomic mass is 35.5. The van der Waals surface area contributed by atoms with Crippen LogP contribution in [-0.4, -0.2) is 76.0 Å². The van der Waals surface area contributed by atoms with Crippen LogP contribution < -0.4 is 4.74 Å². The predicted octanol–water partition coefficient (Wildman–Crippen LogP) is 5.64. The second-order valence-electron chi connectivity index (χ2n) is 11.7. The fourth-order valence-corrected chi connectivity index (χ4v) is 7.18. The molecule has 1 aromatic carbocycles. The smallest absolute Gasteiger partial charge is 0.410 e. The quantitative estimate of drug-likeness (QED) is 0.360. The molecule has 1 unspecified atom stereocenters. The number of carbonyl (C=O) groups is 3. The van der Waals surface area contributed by atoms with Gasteiger partial charge in [0.25, 0.3) is 0 Å². The highest BCUT2D eigenvalue weighted by Crippen LogP contribution is 2.47. The van der Waals surface area contributed by atoms with E-state index in [9.17, 15) is 14.4 Å². The van der Waals surface area contributed by atoms with Crippen LogP contribution in [0.5, 0.6) is 5.75 Å². The topological polar surface area (TPSA) is 92.3 Å². The number of carbonyl (C=O) groups excluding carboxylic acids is 3. The van der Waals surface area contributed by atoms with E-state index in [1.54, 1.807) is 22.4 Å². The van der Waals surface area contributed by atoms with Crippen LogP contribution in [0.3, 0.4) is 0 Å². The average Bonchev–Trinajstić information content (AvgIpc) is 3.49. The van der Waals surface area contributed by atoms with Crippen molar-refractivity contribution in [1.82, 2.24) is 19.7 Å². The minimum atomic E-state index is -0.529. The zero-order chi connectivity index (χ0) is 28.9. The van der Waals surface area contributed by atoms with Gasteiger partial charge in [-0.05, 0) is 50.6 Å². The van der Waals surface area contributed by atoms with Crippen LogP contribution in [-0.2, 0) is 20.9 Å². The molecule has 0 N–H and O–H groups in total. The number of hydrogen-bond acceptors (Lipinski definition) is 8. The summed E-state index contributed by atoms with van der Waals surface area (Å²) in [5, 5.41) is 0.587. The zero-order valence-corrected chi connectivity index (χ0v) is 25.0. The summed E-state index contributed by atoms with van der Waals surface area (Å²) in [6, 6.07) is 7.91. The maximum absolute atomic E-state index is 12.6. The number of aromatic nitrogens is 1. The molecule has 3 aliphatic heterocycles. The van der Waals surface area contributed by atoms with Gasteiger partial charge in [0.1, 0.15) is 11.4 Å². The van der Waals surface area contributed by atoms with E-state index in [-0.39, 0.29) is 43.3 Å². The maximum atomic E-state index is 12.6. The lowest BCUT2D eigenvalue weighted by atomic mass is 9.90. The number of fused-ring (bicyclic) bond motifs is 2. The van der Waals surface area contributed by atoms with Gasteiger partial charge in [-0.1, -0.05) is 11.6 Å². The van der Waals surface area contributed by atoms with E-state index in [1.165, 1.54) is 4.90 Å². The standard InChI is InChI=1S/C30H33ClN4O5S/c1-30(2,3)40-29(38)34-11-9-33(10-12-34)23-7-13-39-24-15-18(31)14-21(27(23)24)20-6-8-32-22-16-19(41-28(20)22)17-35-25(36)4-5-26(35)37/h6,8,14-16,23H,4-5,7,9-13,17H2,1-3H3. The molecular formula is C30H33ClN4O5S. The Hall–Kier alpha value is -3.21. The van der Waals surface area contributed by atoms with Crippen molar-refractivity contribution in [2.45, 2.75) is 58.2 Å². The fourth-order valence-electron chi connectivity index (χ4n) is 5.84. The first-order valence-electron chi connectivity index (χ1n) is 14.0. The molecule has 1 atom stereocenters. The number of ether oxygens (including phenoxy) is 2. The minimum Gasteiger partial charge on any atom is -0.493 e. The molecule has 216 valence electrons. The third-order valence-electron chi connectivity index (χ3n) is 7.72. The van der Waals surface area contributed by atoms with Gasteiger partial charge in [-0.3, -0.25) is 24.4 Å². The van der Waals surface area contributed by atoms with Gasteiger partial charge in [-0.15, -0.1) is 11.3 Å². The van der Waals surface area contributed by atoms with Crippen LogP contribution in [0, 0.1) is 0 Å². The van der Waals surface area contributed by atoms with Crippen molar-refractivity contribution in [3.8, 4) is 16.9 Å². The van der Waals surface area contributed by atoms with Crippen molar-refractivity contribution >= 4 is 51.1 Å². The second-order valence-corrected chi connectivity index (χ2v) is 13.3. The number of thiophene rings is 1. The number of hydrogen-bond donors (Lipinski definition) is 0. The van der Waals surface area contributed by atoms with Gasteiger partial charge in [0.15, 0.2) is 0 Å². The van der Waals surface area contributed by atoms with Crippen LogP contribution in [0.1, 0.15) is 56.5 Å². The molecular weight excluding hydrogens is 564 g/mol. The van der Waals surface area contributed by atoms with Gasteiger partial charge in [0, 0.05) is 78.7 Å². The summed E-state index contributed by atoms with van der Waals surface area (Å²) < 4.78 is 12.7. The number of benzene rings is 1. The summed E-state index contributed by atoms with van der Waals surface area (Å²) in [6.45, 7) is 9.10. The second kappa shape index (κ2) is 10.9. The SMILES string of the molecule is CC(C)(C)OC(=O)N1CCN(C2CCOc3cc(Cl)cc(-c4ccnc5cc(CN6C(=O)CCC6=O)sc45)c32)CC1. The van der Waals surface area contributed by atoms with Crippen molar-refractivity contribution < 1.29 is 23.9 Å². The van der Waals surface area contributed by atoms with Crippen molar-refractivity contribution in [2.75, 3.05) is 32.8 Å². The lowest BCUT2D eigenvalue weighted by Gasteiger charge is -2.42. The Labute approximate surface area is 248 Å². The normalized spacial score (nSPS) is 20.0. The first kappa shape index (κ1) is 27.9. The van der Waals surface area contributed by atoms with Gasteiger partial charge in [-0.2, -0.15) is 0 Å². The highest BCUT2D eigenvalue weighted by molar-refractivity contribution is 7.19. The third kappa shape index (κ3) is 5.65. The first-order chi connectivity index (χ1) is 19.6. The number of halogens is 1. The van der Waals surface area contributed by atoms with Crippen LogP contribution in [0.15, 0.2) is 30.5 Å². The summed E-state index contributed by atoms with van der Waals surface area (Å²) >= 11 is 8.17. The van der Waals surface area contributed by atoms with Crippen molar-refractivity contribution in [1.29, 1.82) is 0 Å². The van der Waals surface area contributed by atoms with Crippen molar-refractivity contribution in [3.05, 3.63) is 45.9 Å². The molecule has 0 bridgehead atoms. The number of imide groups is 1. The zero-order valence-electron chi connectivity index (χ0n) is 23.4. The van der Waals surface area contributed by atoms with E-state index in [0.29, 0.717) is 24.7 Å². The van der Waals surface area contributed by atoms with Crippen LogP contribution >= 0.6 is 22.9 Å². The van der Waals surface area contributed by atoms with E-state index in [0.717, 1.165) is 57.0 Å². The Bertz CT molecular complexity index is 1510. The third-order valence-corrected chi connectivity index (χ3v) is 9.08. The van der Waals surface area contributed by atoms with Gasteiger partial charge < -0.3 is 14.4 Å². The molecule has 0 radical (unpaired) electrons. The minimum absolute atomic E-state index is 0.0919. The Morgan fingerprint density at radius 2 is 1.83 bits per heavy atom. The molecule has 0 spiro atoms. The largest absolute Gasteiger partial charge is 0.493 e. The summed E-state index contributed by atoms with van der Waals surface area (Å²) in [5.74, 6) is 0.515. The Morgan fingerprint density at radius 3 is 2.54 bits per heavy atom. The summed E-state index contributed by atoms with van der Waals surface area (Å²) in [5.41, 5.74) is 3.35. The van der Waals surface area contributed by atoms with Crippen molar-refractivity contribution in [2.24, 2.45) is 0 Å². The molecule has 0 aliphatic carbocycles. The van der Waals surface area contributed by atoms with Gasteiger partial charge in [0.2, 0.25) is 11.8 Å². The molecule has 2 saturated heterocycles. The monoisotopic (exact) mass is 596 g/mol.